The molecule has 0 aromatic carbocycles. The molecule has 1 saturated carbocycles. The quantitative estimate of drug-likeness (QED) is 0.694. The van der Waals surface area contributed by atoms with Crippen molar-refractivity contribution in [2.24, 2.45) is 0 Å². The van der Waals surface area contributed by atoms with E-state index in [2.05, 4.69) is 0 Å². The second kappa shape index (κ2) is 5.23. The fourth-order valence-electron chi connectivity index (χ4n) is 2.33. The maximum atomic E-state index is 13.2. The number of nitrogens with zero attached hydrogens (tertiary/aromatic N) is 1. The molecular weight excluding hydrogens is 238 g/mol. The average Bonchev–Trinajstić information content (AvgIpc) is 2.15. The lowest BCUT2D eigenvalue weighted by molar-refractivity contribution is -0.191. The summed E-state index contributed by atoms with van der Waals surface area (Å²) in [7, 11) is 0. The van der Waals surface area contributed by atoms with E-state index in [-0.39, 0.29) is 6.42 Å². The van der Waals surface area contributed by atoms with E-state index < -0.39 is 30.3 Å². The fourth-order valence-corrected chi connectivity index (χ4v) is 2.33. The van der Waals surface area contributed by atoms with Crippen LogP contribution in [0.15, 0.2) is 0 Å². The van der Waals surface area contributed by atoms with Gasteiger partial charge in [0.2, 0.25) is 0 Å². The number of hydrogen-bond acceptors (Lipinski definition) is 1. The first-order valence-corrected chi connectivity index (χ1v) is 5.77. The molecule has 1 fully saturated rings. The minimum atomic E-state index is -4.88. The van der Waals surface area contributed by atoms with Crippen molar-refractivity contribution in [3.8, 4) is 0 Å². The van der Waals surface area contributed by atoms with Crippen molar-refractivity contribution in [3.63, 3.8) is 0 Å². The van der Waals surface area contributed by atoms with E-state index in [1.165, 1.54) is 13.8 Å². The third-order valence-electron chi connectivity index (χ3n) is 3.01. The number of halogens is 4. The topological polar surface area (TPSA) is 20.3 Å². The molecule has 1 rings (SSSR count). The van der Waals surface area contributed by atoms with Crippen LogP contribution in [0.1, 0.15) is 39.5 Å². The molecule has 100 valence electrons. The smallest absolute Gasteiger partial charge is 0.329 e. The zero-order chi connectivity index (χ0) is 13.2. The van der Waals surface area contributed by atoms with E-state index >= 15 is 0 Å². The van der Waals surface area contributed by atoms with Gasteiger partial charge in [0, 0.05) is 12.1 Å². The Bertz CT molecular complexity index is 277. The van der Waals surface area contributed by atoms with Crippen LogP contribution in [0.25, 0.3) is 0 Å². The highest BCUT2D eigenvalue weighted by Crippen LogP contribution is 2.30. The summed E-state index contributed by atoms with van der Waals surface area (Å²) < 4.78 is 50.5. The van der Waals surface area contributed by atoms with Gasteiger partial charge < -0.3 is 4.90 Å². The van der Waals surface area contributed by atoms with Crippen molar-refractivity contribution < 1.29 is 22.4 Å². The van der Waals surface area contributed by atoms with Crippen LogP contribution in [-0.2, 0) is 4.79 Å². The molecule has 6 heteroatoms. The van der Waals surface area contributed by atoms with Gasteiger partial charge in [-0.15, -0.1) is 0 Å². The Hall–Kier alpha value is -0.810. The van der Waals surface area contributed by atoms with Crippen LogP contribution in [-0.4, -0.2) is 35.2 Å². The fraction of sp³-hybridized carbons (Fsp3) is 0.909. The average molecular weight is 255 g/mol. The molecule has 0 bridgehead atoms. The summed E-state index contributed by atoms with van der Waals surface area (Å²) >= 11 is 0. The lowest BCUT2D eigenvalue weighted by Crippen LogP contribution is -2.52. The van der Waals surface area contributed by atoms with E-state index in [1.54, 1.807) is 0 Å². The van der Waals surface area contributed by atoms with Crippen molar-refractivity contribution in [1.29, 1.82) is 0 Å². The first-order valence-electron chi connectivity index (χ1n) is 5.77. The summed E-state index contributed by atoms with van der Waals surface area (Å²) in [5.41, 5.74) is 0. The second-order valence-electron chi connectivity index (χ2n) is 4.72. The largest absolute Gasteiger partial charge is 0.471 e. The van der Waals surface area contributed by atoms with E-state index in [0.29, 0.717) is 19.3 Å². The molecule has 1 aliphatic rings. The van der Waals surface area contributed by atoms with Gasteiger partial charge in [-0.25, -0.2) is 4.39 Å². The van der Waals surface area contributed by atoms with Crippen LogP contribution in [0.3, 0.4) is 0 Å². The zero-order valence-corrected chi connectivity index (χ0v) is 9.93. The molecule has 0 aromatic rings. The molecule has 2 atom stereocenters. The first-order chi connectivity index (χ1) is 7.73. The minimum absolute atomic E-state index is 0.0139. The zero-order valence-electron chi connectivity index (χ0n) is 9.93. The van der Waals surface area contributed by atoms with Gasteiger partial charge in [-0.2, -0.15) is 13.2 Å². The van der Waals surface area contributed by atoms with Crippen molar-refractivity contribution >= 4 is 5.91 Å². The molecular formula is C11H17F4NO. The predicted octanol–water partition coefficient (Wildman–Crippen LogP) is 3.07. The van der Waals surface area contributed by atoms with Crippen LogP contribution < -0.4 is 0 Å². The van der Waals surface area contributed by atoms with Crippen molar-refractivity contribution in [1.82, 2.24) is 4.90 Å². The highest BCUT2D eigenvalue weighted by Gasteiger charge is 2.46. The Balaban J connectivity index is 2.82. The Kier molecular flexibility index (Phi) is 4.38. The molecule has 17 heavy (non-hydrogen) atoms. The van der Waals surface area contributed by atoms with Gasteiger partial charge in [0.05, 0.1) is 0 Å². The number of rotatable bonds is 2. The first kappa shape index (κ1) is 14.3. The van der Waals surface area contributed by atoms with Gasteiger partial charge >= 0.3 is 12.1 Å². The van der Waals surface area contributed by atoms with E-state index in [9.17, 15) is 22.4 Å². The van der Waals surface area contributed by atoms with Gasteiger partial charge in [-0.05, 0) is 39.5 Å². The molecule has 1 amide bonds. The van der Waals surface area contributed by atoms with Crippen LogP contribution in [0, 0.1) is 0 Å². The molecule has 0 heterocycles. The van der Waals surface area contributed by atoms with E-state index in [0.717, 1.165) is 4.90 Å². The number of alkyl halides is 4. The summed E-state index contributed by atoms with van der Waals surface area (Å²) in [4.78, 5) is 12.1. The Morgan fingerprint density at radius 1 is 1.29 bits per heavy atom. The molecule has 0 saturated heterocycles. The van der Waals surface area contributed by atoms with Crippen molar-refractivity contribution in [2.75, 3.05) is 0 Å². The maximum absolute atomic E-state index is 13.2. The molecule has 0 aliphatic heterocycles. The van der Waals surface area contributed by atoms with Gasteiger partial charge in [0.15, 0.2) is 0 Å². The monoisotopic (exact) mass is 255 g/mol. The van der Waals surface area contributed by atoms with Gasteiger partial charge in [-0.3, -0.25) is 4.79 Å². The maximum Gasteiger partial charge on any atom is 0.471 e. The number of carbonyl (C=O) groups excluding carboxylic acids is 1. The molecule has 2 nitrogen and oxygen atoms in total. The van der Waals surface area contributed by atoms with Gasteiger partial charge in [0.25, 0.3) is 0 Å². The highest BCUT2D eigenvalue weighted by molar-refractivity contribution is 5.82. The summed E-state index contributed by atoms with van der Waals surface area (Å²) in [6.45, 7) is 3.04. The van der Waals surface area contributed by atoms with E-state index in [4.69, 9.17) is 0 Å². The predicted molar refractivity (Wildman–Crippen MR) is 55.2 cm³/mol. The van der Waals surface area contributed by atoms with Gasteiger partial charge in [-0.1, -0.05) is 0 Å². The van der Waals surface area contributed by atoms with Crippen LogP contribution >= 0.6 is 0 Å². The van der Waals surface area contributed by atoms with Crippen LogP contribution in [0.5, 0.6) is 0 Å². The minimum Gasteiger partial charge on any atom is -0.329 e. The SMILES string of the molecule is CC(C)N(C(=O)C(F)(F)F)[C@H]1CCC[C@H](F)C1. The molecule has 1 aliphatic carbocycles. The lowest BCUT2D eigenvalue weighted by Gasteiger charge is -2.38. The molecule has 0 aromatic heterocycles. The summed E-state index contributed by atoms with van der Waals surface area (Å²) in [6.07, 6.45) is -4.62. The third kappa shape index (κ3) is 3.57. The molecule has 0 spiro atoms. The lowest BCUT2D eigenvalue weighted by atomic mass is 9.92. The van der Waals surface area contributed by atoms with Crippen LogP contribution in [0.4, 0.5) is 17.6 Å². The summed E-state index contributed by atoms with van der Waals surface area (Å²) in [6, 6.07) is -1.20. The number of amides is 1. The second-order valence-corrected chi connectivity index (χ2v) is 4.72. The summed E-state index contributed by atoms with van der Waals surface area (Å²) in [5.74, 6) is -1.85. The Labute approximate surface area is 98.0 Å². The van der Waals surface area contributed by atoms with Crippen molar-refractivity contribution in [2.45, 2.75) is 64.0 Å². The number of hydrogen-bond donors (Lipinski definition) is 0. The number of carbonyl (C=O) groups is 1. The normalized spacial score (nSPS) is 26.1. The Morgan fingerprint density at radius 3 is 2.29 bits per heavy atom. The summed E-state index contributed by atoms with van der Waals surface area (Å²) in [5, 5.41) is 0. The molecule has 0 N–H and O–H groups in total. The van der Waals surface area contributed by atoms with Gasteiger partial charge in [0.1, 0.15) is 6.17 Å². The highest BCUT2D eigenvalue weighted by atomic mass is 19.4. The van der Waals surface area contributed by atoms with Crippen LogP contribution in [0.2, 0.25) is 0 Å². The molecule has 0 radical (unpaired) electrons. The van der Waals surface area contributed by atoms with E-state index in [1.807, 2.05) is 0 Å². The Morgan fingerprint density at radius 2 is 1.88 bits per heavy atom. The van der Waals surface area contributed by atoms with Crippen molar-refractivity contribution in [3.05, 3.63) is 0 Å². The molecule has 0 unspecified atom stereocenters. The third-order valence-corrected chi connectivity index (χ3v) is 3.01. The standard InChI is InChI=1S/C11H17F4NO/c1-7(2)16(10(17)11(13,14)15)9-5-3-4-8(12)6-9/h7-9H,3-6H2,1-2H3/t8-,9-/m0/s1.